The number of rotatable bonds is 3. The summed E-state index contributed by atoms with van der Waals surface area (Å²) in [4.78, 5) is 12.6. The van der Waals surface area contributed by atoms with Crippen LogP contribution in [0.5, 0.6) is 0 Å². The van der Waals surface area contributed by atoms with E-state index in [0.29, 0.717) is 12.8 Å². The summed E-state index contributed by atoms with van der Waals surface area (Å²) in [5.41, 5.74) is -2.27. The molecule has 1 aliphatic heterocycles. The Labute approximate surface area is 145 Å². The zero-order valence-corrected chi connectivity index (χ0v) is 14.8. The third-order valence-electron chi connectivity index (χ3n) is 4.23. The van der Waals surface area contributed by atoms with Crippen LogP contribution >= 0.6 is 0 Å². The van der Waals surface area contributed by atoms with Crippen LogP contribution in [0.1, 0.15) is 62.9 Å². The fourth-order valence-electron chi connectivity index (χ4n) is 2.71. The average molecular weight is 356 g/mol. The van der Waals surface area contributed by atoms with Crippen molar-refractivity contribution in [3.63, 3.8) is 0 Å². The van der Waals surface area contributed by atoms with Crippen molar-refractivity contribution in [1.29, 1.82) is 0 Å². The lowest BCUT2D eigenvalue weighted by Gasteiger charge is -2.32. The van der Waals surface area contributed by atoms with Crippen molar-refractivity contribution >= 4 is 11.6 Å². The van der Waals surface area contributed by atoms with Gasteiger partial charge < -0.3 is 5.11 Å². The Morgan fingerprint density at radius 3 is 2.24 bits per heavy atom. The molecule has 138 valence electrons. The van der Waals surface area contributed by atoms with Crippen molar-refractivity contribution < 1.29 is 23.1 Å². The lowest BCUT2D eigenvalue weighted by atomic mass is 9.86. The Morgan fingerprint density at radius 1 is 1.24 bits per heavy atom. The van der Waals surface area contributed by atoms with Gasteiger partial charge in [-0.1, -0.05) is 46.2 Å². The highest BCUT2D eigenvalue weighted by molar-refractivity contribution is 5.98. The Morgan fingerprint density at radius 2 is 1.80 bits per heavy atom. The molecule has 0 bridgehead atoms. The molecular weight excluding hydrogens is 333 g/mol. The Hall–Kier alpha value is -1.89. The van der Waals surface area contributed by atoms with Crippen molar-refractivity contribution in [2.24, 2.45) is 5.10 Å². The number of nitrogens with zero attached hydrogens (tertiary/aromatic N) is 2. The van der Waals surface area contributed by atoms with Crippen molar-refractivity contribution in [2.45, 2.75) is 64.3 Å². The van der Waals surface area contributed by atoms with Crippen molar-refractivity contribution in [3.8, 4) is 0 Å². The zero-order valence-electron chi connectivity index (χ0n) is 14.8. The summed E-state index contributed by atoms with van der Waals surface area (Å²) in [6.45, 7) is 7.78. The maximum Gasteiger partial charge on any atom is 0.438 e. The molecule has 1 aromatic rings. The van der Waals surface area contributed by atoms with Gasteiger partial charge in [0.1, 0.15) is 0 Å². The molecule has 0 aromatic heterocycles. The minimum absolute atomic E-state index is 0.0529. The summed E-state index contributed by atoms with van der Waals surface area (Å²) < 4.78 is 40.2. The number of amides is 1. The molecule has 1 aliphatic rings. The van der Waals surface area contributed by atoms with Crippen LogP contribution in [0.2, 0.25) is 0 Å². The molecule has 1 atom stereocenters. The first-order valence-corrected chi connectivity index (χ1v) is 8.20. The Balaban J connectivity index is 2.37. The van der Waals surface area contributed by atoms with Gasteiger partial charge in [0.15, 0.2) is 0 Å². The van der Waals surface area contributed by atoms with Gasteiger partial charge in [0.05, 0.1) is 0 Å². The number of carbonyl (C=O) groups is 1. The first-order chi connectivity index (χ1) is 11.4. The van der Waals surface area contributed by atoms with E-state index in [2.05, 4.69) is 5.10 Å². The number of halogens is 3. The molecular formula is C18H23F3N2O2. The number of benzene rings is 1. The Bertz CT molecular complexity index is 675. The highest BCUT2D eigenvalue weighted by Gasteiger charge is 2.63. The highest BCUT2D eigenvalue weighted by Crippen LogP contribution is 2.41. The number of hydrazone groups is 1. The van der Waals surface area contributed by atoms with Gasteiger partial charge in [0.2, 0.25) is 0 Å². The van der Waals surface area contributed by atoms with Gasteiger partial charge in [0, 0.05) is 17.7 Å². The fourth-order valence-corrected chi connectivity index (χ4v) is 2.71. The zero-order chi connectivity index (χ0) is 19.0. The summed E-state index contributed by atoms with van der Waals surface area (Å²) in [6, 6.07) is 6.33. The Kier molecular flexibility index (Phi) is 5.01. The van der Waals surface area contributed by atoms with Gasteiger partial charge in [-0.15, -0.1) is 0 Å². The standard InChI is InChI=1S/C18H23F3N2O2/c1-5-6-14-11-17(25,18(19,20)21)23(22-14)15(24)12-7-9-13(10-8-12)16(2,3)4/h7-10,25H,5-6,11H2,1-4H3/t17-/m1/s1. The van der Waals surface area contributed by atoms with Crippen LogP contribution in [0.25, 0.3) is 0 Å². The van der Waals surface area contributed by atoms with Crippen LogP contribution in [0.3, 0.4) is 0 Å². The topological polar surface area (TPSA) is 52.9 Å². The normalized spacial score (nSPS) is 21.4. The van der Waals surface area contributed by atoms with Gasteiger partial charge in [-0.05, 0) is 29.5 Å². The molecule has 0 saturated heterocycles. The molecule has 1 N–H and O–H groups in total. The monoisotopic (exact) mass is 356 g/mol. The van der Waals surface area contributed by atoms with E-state index >= 15 is 0 Å². The van der Waals surface area contributed by atoms with Gasteiger partial charge in [-0.2, -0.15) is 23.3 Å². The van der Waals surface area contributed by atoms with E-state index in [1.807, 2.05) is 20.8 Å². The van der Waals surface area contributed by atoms with Gasteiger partial charge >= 0.3 is 6.18 Å². The average Bonchev–Trinajstić information content (AvgIpc) is 2.84. The van der Waals surface area contributed by atoms with Crippen molar-refractivity contribution in [2.75, 3.05) is 0 Å². The van der Waals surface area contributed by atoms with Crippen LogP contribution in [0, 0.1) is 0 Å². The molecule has 7 heteroatoms. The second-order valence-electron chi connectivity index (χ2n) is 7.35. The van der Waals surface area contributed by atoms with Gasteiger partial charge in [-0.3, -0.25) is 4.79 Å². The van der Waals surface area contributed by atoms with Crippen LogP contribution in [-0.2, 0) is 5.41 Å². The predicted molar refractivity (Wildman–Crippen MR) is 89.3 cm³/mol. The van der Waals surface area contributed by atoms with Crippen LogP contribution in [0.15, 0.2) is 29.4 Å². The first kappa shape index (κ1) is 19.4. The summed E-state index contributed by atoms with van der Waals surface area (Å²) in [5, 5.41) is 14.1. The van der Waals surface area contributed by atoms with E-state index in [4.69, 9.17) is 0 Å². The second-order valence-corrected chi connectivity index (χ2v) is 7.35. The second kappa shape index (κ2) is 6.44. The molecule has 0 radical (unpaired) electrons. The summed E-state index contributed by atoms with van der Waals surface area (Å²) in [5.74, 6) is -0.966. The van der Waals surface area contributed by atoms with E-state index in [0.717, 1.165) is 5.56 Å². The lowest BCUT2D eigenvalue weighted by molar-refractivity contribution is -0.297. The molecule has 1 heterocycles. The van der Waals surface area contributed by atoms with E-state index in [1.54, 1.807) is 19.1 Å². The summed E-state index contributed by atoms with van der Waals surface area (Å²) in [7, 11) is 0. The molecule has 0 spiro atoms. The van der Waals surface area contributed by atoms with Gasteiger partial charge in [-0.25, -0.2) is 0 Å². The molecule has 0 saturated carbocycles. The third-order valence-corrected chi connectivity index (χ3v) is 4.23. The molecule has 2 rings (SSSR count). The SMILES string of the molecule is CCCC1=NN(C(=O)c2ccc(C(C)(C)C)cc2)[C@](O)(C(F)(F)F)C1. The maximum absolute atomic E-state index is 13.4. The maximum atomic E-state index is 13.4. The lowest BCUT2D eigenvalue weighted by Crippen LogP contribution is -2.56. The number of carbonyl (C=O) groups excluding carboxylic acids is 1. The number of hydrogen-bond donors (Lipinski definition) is 1. The van der Waals surface area contributed by atoms with E-state index in [1.165, 1.54) is 12.1 Å². The fraction of sp³-hybridized carbons (Fsp3) is 0.556. The van der Waals surface area contributed by atoms with Crippen LogP contribution < -0.4 is 0 Å². The largest absolute Gasteiger partial charge is 0.438 e. The minimum Gasteiger partial charge on any atom is -0.362 e. The van der Waals surface area contributed by atoms with Crippen LogP contribution in [0.4, 0.5) is 13.2 Å². The molecule has 0 aliphatic carbocycles. The summed E-state index contributed by atoms with van der Waals surface area (Å²) in [6.07, 6.45) is -4.83. The molecule has 25 heavy (non-hydrogen) atoms. The smallest absolute Gasteiger partial charge is 0.362 e. The quantitative estimate of drug-likeness (QED) is 0.881. The van der Waals surface area contributed by atoms with Crippen LogP contribution in [-0.4, -0.2) is 33.6 Å². The van der Waals surface area contributed by atoms with Crippen molar-refractivity contribution in [3.05, 3.63) is 35.4 Å². The number of hydrogen-bond acceptors (Lipinski definition) is 3. The summed E-state index contributed by atoms with van der Waals surface area (Å²) >= 11 is 0. The highest BCUT2D eigenvalue weighted by atomic mass is 19.4. The number of alkyl halides is 3. The van der Waals surface area contributed by atoms with Gasteiger partial charge in [0.25, 0.3) is 11.6 Å². The number of aliphatic hydroxyl groups is 1. The van der Waals surface area contributed by atoms with E-state index in [9.17, 15) is 23.1 Å². The minimum atomic E-state index is -4.99. The third kappa shape index (κ3) is 3.71. The van der Waals surface area contributed by atoms with Crippen molar-refractivity contribution in [1.82, 2.24) is 5.01 Å². The van der Waals surface area contributed by atoms with E-state index < -0.39 is 24.2 Å². The first-order valence-electron chi connectivity index (χ1n) is 8.20. The molecule has 0 unspecified atom stereocenters. The molecule has 0 fully saturated rings. The molecule has 1 amide bonds. The molecule has 4 nitrogen and oxygen atoms in total. The molecule has 1 aromatic carbocycles. The predicted octanol–water partition coefficient (Wildman–Crippen LogP) is 4.24. The van der Waals surface area contributed by atoms with E-state index in [-0.39, 0.29) is 21.7 Å².